The van der Waals surface area contributed by atoms with Gasteiger partial charge in [-0.25, -0.2) is 4.79 Å². The second kappa shape index (κ2) is 4.50. The van der Waals surface area contributed by atoms with E-state index in [9.17, 15) is 4.79 Å². The molecule has 22 heavy (non-hydrogen) atoms. The first-order valence-corrected chi connectivity index (χ1v) is 7.17. The highest BCUT2D eigenvalue weighted by Gasteiger charge is 2.46. The molecule has 0 unspecified atom stereocenters. The fourth-order valence-electron chi connectivity index (χ4n) is 2.62. The van der Waals surface area contributed by atoms with Gasteiger partial charge < -0.3 is 19.1 Å². The second-order valence-electron chi connectivity index (χ2n) is 6.07. The van der Waals surface area contributed by atoms with Crippen LogP contribution in [0.5, 0.6) is 11.5 Å². The third kappa shape index (κ3) is 2.11. The number of aromatic carboxylic acids is 1. The Bertz CT molecular complexity index is 760. The predicted molar refractivity (Wildman–Crippen MR) is 76.3 cm³/mol. The summed E-state index contributed by atoms with van der Waals surface area (Å²) in [6, 6.07) is 5.14. The average Bonchev–Trinajstić information content (AvgIpc) is 3.14. The Morgan fingerprint density at radius 1 is 1.18 bits per heavy atom. The standard InChI is InChI=1S/C16H15NO5/c1-9-4-13-14(21-8-16(2-3-16)7-20-13)5-10(9)12-6-11(15(18)19)17-22-12/h4-6H,2-3,7-8H2,1H3,(H,18,19). The number of aryl methyl sites for hydroxylation is 1. The topological polar surface area (TPSA) is 81.8 Å². The van der Waals surface area contributed by atoms with Crippen LogP contribution >= 0.6 is 0 Å². The maximum atomic E-state index is 10.9. The van der Waals surface area contributed by atoms with Crippen LogP contribution in [-0.2, 0) is 0 Å². The van der Waals surface area contributed by atoms with Gasteiger partial charge in [-0.3, -0.25) is 0 Å². The van der Waals surface area contributed by atoms with Gasteiger partial charge in [0, 0.05) is 17.0 Å². The van der Waals surface area contributed by atoms with Crippen molar-refractivity contribution in [2.24, 2.45) is 5.41 Å². The van der Waals surface area contributed by atoms with E-state index in [1.165, 1.54) is 6.07 Å². The van der Waals surface area contributed by atoms with Crippen molar-refractivity contribution < 1.29 is 23.9 Å². The number of carboxylic acid groups (broad SMARTS) is 1. The Kier molecular flexibility index (Phi) is 2.69. The highest BCUT2D eigenvalue weighted by atomic mass is 16.5. The van der Waals surface area contributed by atoms with E-state index in [4.69, 9.17) is 19.1 Å². The lowest BCUT2D eigenvalue weighted by molar-refractivity contribution is 0.0686. The van der Waals surface area contributed by atoms with Crippen LogP contribution in [-0.4, -0.2) is 29.4 Å². The molecule has 1 fully saturated rings. The SMILES string of the molecule is Cc1cc2c(cc1-c1cc(C(=O)O)no1)OCC1(CC1)CO2. The minimum Gasteiger partial charge on any atom is -0.489 e. The fourth-order valence-corrected chi connectivity index (χ4v) is 2.62. The third-order valence-corrected chi connectivity index (χ3v) is 4.31. The number of nitrogens with zero attached hydrogens (tertiary/aromatic N) is 1. The summed E-state index contributed by atoms with van der Waals surface area (Å²) in [4.78, 5) is 10.9. The molecule has 1 aromatic carbocycles. The molecule has 6 heteroatoms. The Hall–Kier alpha value is -2.50. The number of hydrogen-bond donors (Lipinski definition) is 1. The number of carboxylic acids is 1. The lowest BCUT2D eigenvalue weighted by atomic mass is 10.1. The monoisotopic (exact) mass is 301 g/mol. The van der Waals surface area contributed by atoms with Gasteiger partial charge in [-0.1, -0.05) is 5.16 Å². The van der Waals surface area contributed by atoms with E-state index >= 15 is 0 Å². The predicted octanol–water partition coefficient (Wildman–Crippen LogP) is 2.90. The number of hydrogen-bond acceptors (Lipinski definition) is 5. The zero-order chi connectivity index (χ0) is 15.3. The van der Waals surface area contributed by atoms with Gasteiger partial charge in [0.25, 0.3) is 0 Å². The average molecular weight is 301 g/mol. The summed E-state index contributed by atoms with van der Waals surface area (Å²) < 4.78 is 16.9. The minimum absolute atomic E-state index is 0.113. The molecule has 2 aliphatic rings. The van der Waals surface area contributed by atoms with Crippen molar-refractivity contribution >= 4 is 5.97 Å². The van der Waals surface area contributed by atoms with Gasteiger partial charge in [0.15, 0.2) is 23.0 Å². The number of carbonyl (C=O) groups is 1. The van der Waals surface area contributed by atoms with Crippen molar-refractivity contribution in [1.29, 1.82) is 0 Å². The van der Waals surface area contributed by atoms with E-state index in [2.05, 4.69) is 5.16 Å². The van der Waals surface area contributed by atoms with Crippen molar-refractivity contribution in [1.82, 2.24) is 5.16 Å². The smallest absolute Gasteiger partial charge is 0.358 e. The molecule has 4 rings (SSSR count). The highest BCUT2D eigenvalue weighted by Crippen LogP contribution is 2.49. The lowest BCUT2D eigenvalue weighted by Crippen LogP contribution is -2.17. The van der Waals surface area contributed by atoms with Crippen molar-refractivity contribution in [2.45, 2.75) is 19.8 Å². The van der Waals surface area contributed by atoms with Gasteiger partial charge in [0.1, 0.15) is 0 Å². The van der Waals surface area contributed by atoms with Crippen LogP contribution in [0.15, 0.2) is 22.7 Å². The van der Waals surface area contributed by atoms with Gasteiger partial charge in [0.2, 0.25) is 0 Å². The van der Waals surface area contributed by atoms with Crippen molar-refractivity contribution in [3.63, 3.8) is 0 Å². The summed E-state index contributed by atoms with van der Waals surface area (Å²) in [6.07, 6.45) is 2.27. The maximum Gasteiger partial charge on any atom is 0.358 e. The number of aromatic nitrogens is 1. The zero-order valence-corrected chi connectivity index (χ0v) is 12.1. The van der Waals surface area contributed by atoms with Gasteiger partial charge in [0.05, 0.1) is 13.2 Å². The minimum atomic E-state index is -1.11. The fraction of sp³-hybridized carbons (Fsp3) is 0.375. The van der Waals surface area contributed by atoms with Crippen LogP contribution in [0.4, 0.5) is 0 Å². The van der Waals surface area contributed by atoms with Crippen LogP contribution in [0.3, 0.4) is 0 Å². The molecule has 2 aromatic rings. The molecule has 0 saturated heterocycles. The van der Waals surface area contributed by atoms with Crippen LogP contribution in [0, 0.1) is 12.3 Å². The first kappa shape index (κ1) is 13.2. The molecule has 0 radical (unpaired) electrons. The highest BCUT2D eigenvalue weighted by molar-refractivity contribution is 5.86. The molecule has 0 atom stereocenters. The van der Waals surface area contributed by atoms with Crippen molar-refractivity contribution in [2.75, 3.05) is 13.2 Å². The van der Waals surface area contributed by atoms with Gasteiger partial charge in [-0.05, 0) is 37.5 Å². The van der Waals surface area contributed by atoms with E-state index in [0.717, 1.165) is 29.7 Å². The Morgan fingerprint density at radius 3 is 2.45 bits per heavy atom. The molecule has 1 spiro atoms. The summed E-state index contributed by atoms with van der Waals surface area (Å²) in [7, 11) is 0. The van der Waals surface area contributed by atoms with Gasteiger partial charge >= 0.3 is 5.97 Å². The van der Waals surface area contributed by atoms with E-state index < -0.39 is 5.97 Å². The molecule has 1 saturated carbocycles. The summed E-state index contributed by atoms with van der Waals surface area (Å²) in [5.74, 6) is 0.685. The van der Waals surface area contributed by atoms with Crippen LogP contribution in [0.1, 0.15) is 28.9 Å². The summed E-state index contributed by atoms with van der Waals surface area (Å²) in [5, 5.41) is 12.5. The Morgan fingerprint density at radius 2 is 1.86 bits per heavy atom. The molecule has 1 aliphatic carbocycles. The quantitative estimate of drug-likeness (QED) is 0.918. The van der Waals surface area contributed by atoms with Crippen LogP contribution < -0.4 is 9.47 Å². The van der Waals surface area contributed by atoms with E-state index in [1.807, 2.05) is 19.1 Å². The molecule has 1 aromatic heterocycles. The summed E-state index contributed by atoms with van der Waals surface area (Å²) in [6.45, 7) is 3.25. The molecule has 0 amide bonds. The van der Waals surface area contributed by atoms with Gasteiger partial charge in [-0.15, -0.1) is 0 Å². The first-order chi connectivity index (χ1) is 10.6. The second-order valence-corrected chi connectivity index (χ2v) is 6.07. The zero-order valence-electron chi connectivity index (χ0n) is 12.1. The molecular weight excluding hydrogens is 286 g/mol. The third-order valence-electron chi connectivity index (χ3n) is 4.31. The number of ether oxygens (including phenoxy) is 2. The van der Waals surface area contributed by atoms with E-state index in [0.29, 0.717) is 24.7 Å². The molecular formula is C16H15NO5. The van der Waals surface area contributed by atoms with Crippen LogP contribution in [0.25, 0.3) is 11.3 Å². The molecule has 2 heterocycles. The molecule has 1 aliphatic heterocycles. The first-order valence-electron chi connectivity index (χ1n) is 7.17. The number of rotatable bonds is 2. The molecule has 114 valence electrons. The van der Waals surface area contributed by atoms with Crippen LogP contribution in [0.2, 0.25) is 0 Å². The molecule has 6 nitrogen and oxygen atoms in total. The van der Waals surface area contributed by atoms with Crippen molar-refractivity contribution in [3.8, 4) is 22.8 Å². The normalized spacial score (nSPS) is 18.0. The van der Waals surface area contributed by atoms with E-state index in [-0.39, 0.29) is 11.1 Å². The summed E-state index contributed by atoms with van der Waals surface area (Å²) in [5.41, 5.74) is 1.74. The largest absolute Gasteiger partial charge is 0.489 e. The molecule has 0 bridgehead atoms. The van der Waals surface area contributed by atoms with E-state index in [1.54, 1.807) is 0 Å². The lowest BCUT2D eigenvalue weighted by Gasteiger charge is -2.10. The van der Waals surface area contributed by atoms with Gasteiger partial charge in [-0.2, -0.15) is 0 Å². The number of benzene rings is 1. The van der Waals surface area contributed by atoms with Crippen molar-refractivity contribution in [3.05, 3.63) is 29.5 Å². The Labute approximate surface area is 126 Å². The maximum absolute atomic E-state index is 10.9. The molecule has 1 N–H and O–H groups in total. The summed E-state index contributed by atoms with van der Waals surface area (Å²) >= 11 is 0. The Balaban J connectivity index is 1.71. The number of fused-ring (bicyclic) bond motifs is 1.